The number of aromatic nitrogens is 1. The van der Waals surface area contributed by atoms with Crippen LogP contribution in [0.5, 0.6) is 17.2 Å². The van der Waals surface area contributed by atoms with Gasteiger partial charge in [0.2, 0.25) is 0 Å². The Kier molecular flexibility index (Phi) is 9.49. The standard InChI is InChI=1S/C36H29Cl2N3O5S/c1-21-31(34(42)40-25-11-5-4-6-12-25)32(23-9-7-13-26(18-23)44-2)41-35(43)30(47-36(41)39-21)19-24-10-8-14-29(45-3)33(24)46-20-22-15-16-27(37)28(38)17-22/h4-19,32H,20H2,1-3H3,(H,40,42)/b30-19-/t32-/m1/s1. The van der Waals surface area contributed by atoms with Crippen molar-refractivity contribution in [3.05, 3.63) is 149 Å². The molecule has 47 heavy (non-hydrogen) atoms. The molecule has 0 fully saturated rings. The second-order valence-electron chi connectivity index (χ2n) is 10.6. The van der Waals surface area contributed by atoms with E-state index in [2.05, 4.69) is 5.32 Å². The predicted molar refractivity (Wildman–Crippen MR) is 186 cm³/mol. The summed E-state index contributed by atoms with van der Waals surface area (Å²) in [5.74, 6) is 1.19. The number of fused-ring (bicyclic) bond motifs is 1. The number of hydrogen-bond acceptors (Lipinski definition) is 7. The van der Waals surface area contributed by atoms with Gasteiger partial charge in [-0.15, -0.1) is 0 Å². The van der Waals surface area contributed by atoms with Crippen LogP contribution in [-0.2, 0) is 11.4 Å². The third kappa shape index (κ3) is 6.69. The topological polar surface area (TPSA) is 91.2 Å². The van der Waals surface area contributed by atoms with Gasteiger partial charge >= 0.3 is 0 Å². The molecule has 0 saturated carbocycles. The van der Waals surface area contributed by atoms with Crippen molar-refractivity contribution in [2.24, 2.45) is 4.99 Å². The molecular weight excluding hydrogens is 657 g/mol. The molecular formula is C36H29Cl2N3O5S. The number of rotatable bonds is 9. The number of halogens is 2. The van der Waals surface area contributed by atoms with Crippen LogP contribution in [0.1, 0.15) is 29.7 Å². The maximum Gasteiger partial charge on any atom is 0.271 e. The molecule has 6 rings (SSSR count). The van der Waals surface area contributed by atoms with Gasteiger partial charge in [0, 0.05) is 11.3 Å². The maximum absolute atomic E-state index is 14.3. The van der Waals surface area contributed by atoms with Crippen molar-refractivity contribution >= 4 is 52.2 Å². The largest absolute Gasteiger partial charge is 0.497 e. The lowest BCUT2D eigenvalue weighted by atomic mass is 9.95. The molecule has 0 bridgehead atoms. The highest BCUT2D eigenvalue weighted by molar-refractivity contribution is 7.07. The van der Waals surface area contributed by atoms with E-state index in [1.165, 1.54) is 11.3 Å². The number of amides is 1. The SMILES string of the molecule is COc1cccc([C@@H]2C(C(=O)Nc3ccccc3)=C(C)N=c3s/c(=C\c4cccc(OC)c4OCc4ccc(Cl)c(Cl)c4)c(=O)n32)c1. The minimum atomic E-state index is -0.761. The predicted octanol–water partition coefficient (Wildman–Crippen LogP) is 6.78. The molecule has 1 N–H and O–H groups in total. The van der Waals surface area contributed by atoms with E-state index in [0.29, 0.717) is 64.7 Å². The first-order valence-corrected chi connectivity index (χ1v) is 16.1. The van der Waals surface area contributed by atoms with Crippen molar-refractivity contribution in [2.45, 2.75) is 19.6 Å². The van der Waals surface area contributed by atoms with E-state index in [-0.39, 0.29) is 18.1 Å². The second-order valence-corrected chi connectivity index (χ2v) is 12.4. The molecule has 1 aromatic heterocycles. The molecule has 238 valence electrons. The lowest BCUT2D eigenvalue weighted by Gasteiger charge is -2.25. The zero-order valence-electron chi connectivity index (χ0n) is 25.6. The Bertz CT molecular complexity index is 2190. The zero-order chi connectivity index (χ0) is 33.1. The molecule has 1 atom stereocenters. The summed E-state index contributed by atoms with van der Waals surface area (Å²) in [5, 5.41) is 3.84. The first-order chi connectivity index (χ1) is 22.8. The van der Waals surface area contributed by atoms with Gasteiger partial charge in [-0.1, -0.05) is 83.1 Å². The van der Waals surface area contributed by atoms with E-state index in [9.17, 15) is 9.59 Å². The minimum absolute atomic E-state index is 0.189. The van der Waals surface area contributed by atoms with Gasteiger partial charge < -0.3 is 19.5 Å². The molecule has 4 aromatic carbocycles. The summed E-state index contributed by atoms with van der Waals surface area (Å²) < 4.78 is 19.3. The number of ether oxygens (including phenoxy) is 3. The molecule has 0 spiro atoms. The summed E-state index contributed by atoms with van der Waals surface area (Å²) in [5.41, 5.74) is 3.33. The Hall–Kier alpha value is -4.83. The lowest BCUT2D eigenvalue weighted by Crippen LogP contribution is -2.40. The molecule has 1 aliphatic rings. The van der Waals surface area contributed by atoms with E-state index in [1.54, 1.807) is 62.1 Å². The number of methoxy groups -OCH3 is 2. The Morgan fingerprint density at radius 3 is 2.49 bits per heavy atom. The van der Waals surface area contributed by atoms with Gasteiger partial charge in [-0.2, -0.15) is 0 Å². The highest BCUT2D eigenvalue weighted by Gasteiger charge is 2.33. The second kappa shape index (κ2) is 13.9. The van der Waals surface area contributed by atoms with Gasteiger partial charge in [-0.05, 0) is 66.6 Å². The summed E-state index contributed by atoms with van der Waals surface area (Å²) in [6.45, 7) is 1.97. The maximum atomic E-state index is 14.3. The van der Waals surface area contributed by atoms with Crippen LogP contribution in [0, 0.1) is 0 Å². The number of carbonyl (C=O) groups is 1. The van der Waals surface area contributed by atoms with Gasteiger partial charge in [-0.25, -0.2) is 4.99 Å². The van der Waals surface area contributed by atoms with Crippen molar-refractivity contribution in [3.8, 4) is 17.2 Å². The summed E-state index contributed by atoms with van der Waals surface area (Å²) in [6.07, 6.45) is 1.75. The normalized spacial score (nSPS) is 14.3. The van der Waals surface area contributed by atoms with Crippen LogP contribution in [0.15, 0.2) is 112 Å². The zero-order valence-corrected chi connectivity index (χ0v) is 28.0. The summed E-state index contributed by atoms with van der Waals surface area (Å²) in [7, 11) is 3.13. The van der Waals surface area contributed by atoms with Crippen molar-refractivity contribution in [3.63, 3.8) is 0 Å². The average molecular weight is 687 g/mol. The molecule has 1 amide bonds. The molecule has 8 nitrogen and oxygen atoms in total. The van der Waals surface area contributed by atoms with E-state index in [4.69, 9.17) is 42.4 Å². The summed E-state index contributed by atoms with van der Waals surface area (Å²) in [4.78, 5) is 33.4. The van der Waals surface area contributed by atoms with Crippen molar-refractivity contribution in [1.29, 1.82) is 0 Å². The van der Waals surface area contributed by atoms with Crippen LogP contribution in [0.2, 0.25) is 10.0 Å². The number of benzene rings is 4. The quantitative estimate of drug-likeness (QED) is 0.185. The number of hydrogen-bond donors (Lipinski definition) is 1. The fraction of sp³-hybridized carbons (Fsp3) is 0.139. The van der Waals surface area contributed by atoms with Crippen LogP contribution in [0.3, 0.4) is 0 Å². The van der Waals surface area contributed by atoms with E-state index in [0.717, 1.165) is 5.56 Å². The first kappa shape index (κ1) is 32.1. The summed E-state index contributed by atoms with van der Waals surface area (Å²) >= 11 is 13.5. The van der Waals surface area contributed by atoms with Crippen molar-refractivity contribution in [2.75, 3.05) is 19.5 Å². The number of allylic oxidation sites excluding steroid dienone is 1. The van der Waals surface area contributed by atoms with Crippen LogP contribution in [0.4, 0.5) is 5.69 Å². The van der Waals surface area contributed by atoms with Gasteiger partial charge in [0.05, 0.1) is 46.1 Å². The molecule has 11 heteroatoms. The van der Waals surface area contributed by atoms with Crippen LogP contribution in [-0.4, -0.2) is 24.7 Å². The Morgan fingerprint density at radius 2 is 1.74 bits per heavy atom. The van der Waals surface area contributed by atoms with E-state index < -0.39 is 6.04 Å². The smallest absolute Gasteiger partial charge is 0.271 e. The van der Waals surface area contributed by atoms with Gasteiger partial charge in [-0.3, -0.25) is 14.2 Å². The molecule has 0 radical (unpaired) electrons. The third-order valence-electron chi connectivity index (χ3n) is 7.59. The molecule has 0 unspecified atom stereocenters. The lowest BCUT2D eigenvalue weighted by molar-refractivity contribution is -0.113. The molecule has 5 aromatic rings. The van der Waals surface area contributed by atoms with Crippen molar-refractivity contribution < 1.29 is 19.0 Å². The minimum Gasteiger partial charge on any atom is -0.497 e. The van der Waals surface area contributed by atoms with E-state index >= 15 is 0 Å². The monoisotopic (exact) mass is 685 g/mol. The molecule has 2 heterocycles. The summed E-state index contributed by atoms with van der Waals surface area (Å²) in [6, 6.07) is 26.5. The fourth-order valence-electron chi connectivity index (χ4n) is 5.35. The van der Waals surface area contributed by atoms with Crippen LogP contribution < -0.4 is 34.4 Å². The van der Waals surface area contributed by atoms with Gasteiger partial charge in [0.25, 0.3) is 11.5 Å². The highest BCUT2D eigenvalue weighted by Crippen LogP contribution is 2.34. The fourth-order valence-corrected chi connectivity index (χ4v) is 6.70. The molecule has 0 aliphatic carbocycles. The van der Waals surface area contributed by atoms with Gasteiger partial charge in [0.15, 0.2) is 16.3 Å². The average Bonchev–Trinajstić information content (AvgIpc) is 3.38. The number of para-hydroxylation sites is 2. The Morgan fingerprint density at radius 1 is 0.957 bits per heavy atom. The number of thiazole rings is 1. The van der Waals surface area contributed by atoms with Gasteiger partial charge in [0.1, 0.15) is 12.4 Å². The Labute approximate surface area is 284 Å². The first-order valence-electron chi connectivity index (χ1n) is 14.5. The van der Waals surface area contributed by atoms with E-state index in [1.807, 2.05) is 60.7 Å². The van der Waals surface area contributed by atoms with Crippen LogP contribution >= 0.6 is 34.5 Å². The van der Waals surface area contributed by atoms with Crippen molar-refractivity contribution in [1.82, 2.24) is 4.57 Å². The molecule has 1 aliphatic heterocycles. The highest BCUT2D eigenvalue weighted by atomic mass is 35.5. The number of carbonyl (C=O) groups excluding carboxylic acids is 1. The number of anilines is 1. The number of nitrogens with zero attached hydrogens (tertiary/aromatic N) is 2. The Balaban J connectivity index is 1.46. The number of nitrogens with one attached hydrogen (secondary N) is 1. The third-order valence-corrected chi connectivity index (χ3v) is 9.31. The molecule has 0 saturated heterocycles. The van der Waals surface area contributed by atoms with Crippen LogP contribution in [0.25, 0.3) is 6.08 Å².